The number of thiophene rings is 1. The molecule has 1 unspecified atom stereocenters. The summed E-state index contributed by atoms with van der Waals surface area (Å²) >= 11 is 14.0. The van der Waals surface area contributed by atoms with E-state index in [4.69, 9.17) is 23.2 Å². The van der Waals surface area contributed by atoms with Gasteiger partial charge < -0.3 is 4.90 Å². The normalized spacial score (nSPS) is 16.1. The van der Waals surface area contributed by atoms with Crippen LogP contribution in [0.15, 0.2) is 53.9 Å². The summed E-state index contributed by atoms with van der Waals surface area (Å²) in [5.41, 5.74) is 4.72. The summed E-state index contributed by atoms with van der Waals surface area (Å²) in [7, 11) is 0. The lowest BCUT2D eigenvalue weighted by molar-refractivity contribution is 0.752. The molecule has 1 atom stereocenters. The number of nitrogens with zero attached hydrogens (tertiary/aromatic N) is 3. The molecule has 1 aliphatic heterocycles. The van der Waals surface area contributed by atoms with Gasteiger partial charge in [-0.15, -0.1) is 11.3 Å². The Labute approximate surface area is 171 Å². The fourth-order valence-electron chi connectivity index (χ4n) is 3.80. The molecule has 0 fully saturated rings. The van der Waals surface area contributed by atoms with Crippen LogP contribution in [-0.2, 0) is 6.42 Å². The molecule has 0 aliphatic carbocycles. The summed E-state index contributed by atoms with van der Waals surface area (Å²) in [4.78, 5) is 12.3. The zero-order valence-electron chi connectivity index (χ0n) is 14.5. The van der Waals surface area contributed by atoms with Crippen LogP contribution < -0.4 is 4.90 Å². The molecule has 2 aromatic heterocycles. The molecule has 0 radical (unpaired) electrons. The molecule has 0 bridgehead atoms. The fraction of sp³-hybridized carbons (Fsp3) is 0.143. The van der Waals surface area contributed by atoms with Gasteiger partial charge in [0.1, 0.15) is 10.6 Å². The average Bonchev–Trinajstić information content (AvgIpc) is 3.22. The number of anilines is 2. The molecule has 134 valence electrons. The highest BCUT2D eigenvalue weighted by Gasteiger charge is 2.30. The quantitative estimate of drug-likeness (QED) is 0.341. The third-order valence-electron chi connectivity index (χ3n) is 4.98. The first-order chi connectivity index (χ1) is 13.1. The van der Waals surface area contributed by atoms with Gasteiger partial charge >= 0.3 is 0 Å². The van der Waals surface area contributed by atoms with Gasteiger partial charge in [0.25, 0.3) is 0 Å². The molecule has 3 nitrogen and oxygen atoms in total. The molecule has 5 rings (SSSR count). The minimum Gasteiger partial charge on any atom is -0.322 e. The van der Waals surface area contributed by atoms with E-state index in [2.05, 4.69) is 51.4 Å². The van der Waals surface area contributed by atoms with Gasteiger partial charge in [0.15, 0.2) is 0 Å². The summed E-state index contributed by atoms with van der Waals surface area (Å²) in [5, 5.41) is 4.16. The number of hydrogen-bond donors (Lipinski definition) is 0. The predicted molar refractivity (Wildman–Crippen MR) is 115 cm³/mol. The third kappa shape index (κ3) is 2.80. The average molecular weight is 412 g/mol. The molecule has 27 heavy (non-hydrogen) atoms. The van der Waals surface area contributed by atoms with E-state index in [0.717, 1.165) is 38.6 Å². The van der Waals surface area contributed by atoms with E-state index in [1.165, 1.54) is 11.3 Å². The van der Waals surface area contributed by atoms with Gasteiger partial charge in [0.2, 0.25) is 5.28 Å². The SMILES string of the molecule is CC1Cc2ccccc2N1c1nc(Cl)nc2scc(-c3ccc(Cl)cc3)c12. The third-order valence-corrected chi connectivity index (χ3v) is 6.27. The Morgan fingerprint density at radius 1 is 1.04 bits per heavy atom. The molecular weight excluding hydrogens is 397 g/mol. The molecule has 2 aromatic carbocycles. The van der Waals surface area contributed by atoms with Gasteiger partial charge in [-0.2, -0.15) is 4.98 Å². The molecule has 1 aliphatic rings. The second-order valence-corrected chi connectivity index (χ2v) is 8.34. The van der Waals surface area contributed by atoms with Gasteiger partial charge in [0, 0.05) is 27.7 Å². The van der Waals surface area contributed by atoms with E-state index in [1.807, 2.05) is 24.3 Å². The Bertz CT molecular complexity index is 1150. The smallest absolute Gasteiger partial charge is 0.225 e. The van der Waals surface area contributed by atoms with Crippen molar-refractivity contribution < 1.29 is 0 Å². The second kappa shape index (κ2) is 6.48. The Kier molecular flexibility index (Phi) is 4.08. The first-order valence-electron chi connectivity index (χ1n) is 8.69. The summed E-state index contributed by atoms with van der Waals surface area (Å²) in [6, 6.07) is 16.7. The van der Waals surface area contributed by atoms with Crippen LogP contribution >= 0.6 is 34.5 Å². The first-order valence-corrected chi connectivity index (χ1v) is 10.3. The van der Waals surface area contributed by atoms with Crippen molar-refractivity contribution in [1.29, 1.82) is 0 Å². The number of fused-ring (bicyclic) bond motifs is 2. The highest BCUT2D eigenvalue weighted by atomic mass is 35.5. The number of hydrogen-bond acceptors (Lipinski definition) is 4. The van der Waals surface area contributed by atoms with E-state index in [-0.39, 0.29) is 5.28 Å². The summed E-state index contributed by atoms with van der Waals surface area (Å²) in [6.45, 7) is 2.22. The number of benzene rings is 2. The lowest BCUT2D eigenvalue weighted by Gasteiger charge is -2.25. The Morgan fingerprint density at radius 3 is 2.63 bits per heavy atom. The largest absolute Gasteiger partial charge is 0.322 e. The lowest BCUT2D eigenvalue weighted by Crippen LogP contribution is -2.25. The molecule has 4 aromatic rings. The standard InChI is InChI=1S/C21H15Cl2N3S/c1-12-10-14-4-2-3-5-17(14)26(12)19-18-16(13-6-8-15(22)9-7-13)11-27-20(18)25-21(23)24-19/h2-9,11-12H,10H2,1H3. The fourth-order valence-corrected chi connectivity index (χ4v) is 5.09. The summed E-state index contributed by atoms with van der Waals surface area (Å²) < 4.78 is 0. The summed E-state index contributed by atoms with van der Waals surface area (Å²) in [5.74, 6) is 0.869. The zero-order chi connectivity index (χ0) is 18.5. The van der Waals surface area contributed by atoms with Gasteiger partial charge in [-0.05, 0) is 54.3 Å². The molecule has 6 heteroatoms. The number of para-hydroxylation sites is 1. The highest BCUT2D eigenvalue weighted by Crippen LogP contribution is 2.45. The molecule has 0 spiro atoms. The van der Waals surface area contributed by atoms with E-state index in [1.54, 1.807) is 11.3 Å². The maximum absolute atomic E-state index is 6.29. The zero-order valence-corrected chi connectivity index (χ0v) is 16.8. The molecule has 0 saturated heterocycles. The van der Waals surface area contributed by atoms with Crippen LogP contribution in [0.25, 0.3) is 21.3 Å². The number of aromatic nitrogens is 2. The van der Waals surface area contributed by atoms with Crippen LogP contribution in [0.1, 0.15) is 12.5 Å². The Morgan fingerprint density at radius 2 is 1.81 bits per heavy atom. The van der Waals surface area contributed by atoms with E-state index >= 15 is 0 Å². The van der Waals surface area contributed by atoms with E-state index < -0.39 is 0 Å². The van der Waals surface area contributed by atoms with Crippen molar-refractivity contribution in [2.75, 3.05) is 4.90 Å². The number of rotatable bonds is 2. The molecule has 0 saturated carbocycles. The van der Waals surface area contributed by atoms with Crippen molar-refractivity contribution in [3.63, 3.8) is 0 Å². The van der Waals surface area contributed by atoms with Crippen molar-refractivity contribution in [3.05, 3.63) is 69.8 Å². The van der Waals surface area contributed by atoms with Crippen LogP contribution in [0.3, 0.4) is 0 Å². The van der Waals surface area contributed by atoms with E-state index in [9.17, 15) is 0 Å². The maximum atomic E-state index is 6.29. The molecule has 3 heterocycles. The van der Waals surface area contributed by atoms with Crippen molar-refractivity contribution in [1.82, 2.24) is 9.97 Å². The maximum Gasteiger partial charge on any atom is 0.225 e. The van der Waals surface area contributed by atoms with Crippen LogP contribution in [0.4, 0.5) is 11.5 Å². The Hall–Kier alpha value is -2.14. The second-order valence-electron chi connectivity index (χ2n) is 6.70. The molecule has 0 N–H and O–H groups in total. The van der Waals surface area contributed by atoms with Crippen LogP contribution in [-0.4, -0.2) is 16.0 Å². The summed E-state index contributed by atoms with van der Waals surface area (Å²) in [6.07, 6.45) is 0.986. The van der Waals surface area contributed by atoms with Crippen LogP contribution in [0.2, 0.25) is 10.3 Å². The van der Waals surface area contributed by atoms with Crippen LogP contribution in [0.5, 0.6) is 0 Å². The predicted octanol–water partition coefficient (Wildman–Crippen LogP) is 6.75. The van der Waals surface area contributed by atoms with Gasteiger partial charge in [-0.25, -0.2) is 4.98 Å². The lowest BCUT2D eigenvalue weighted by atomic mass is 10.1. The minimum absolute atomic E-state index is 0.276. The molecular formula is C21H15Cl2N3S. The van der Waals surface area contributed by atoms with Crippen molar-refractivity contribution in [3.8, 4) is 11.1 Å². The van der Waals surface area contributed by atoms with Crippen LogP contribution in [0, 0.1) is 0 Å². The molecule has 0 amide bonds. The van der Waals surface area contributed by atoms with Gasteiger partial charge in [-0.1, -0.05) is 41.9 Å². The monoisotopic (exact) mass is 411 g/mol. The van der Waals surface area contributed by atoms with Gasteiger partial charge in [0.05, 0.1) is 5.39 Å². The topological polar surface area (TPSA) is 29.0 Å². The van der Waals surface area contributed by atoms with Crippen molar-refractivity contribution >= 4 is 56.3 Å². The Balaban J connectivity index is 1.77. The highest BCUT2D eigenvalue weighted by molar-refractivity contribution is 7.17. The van der Waals surface area contributed by atoms with E-state index in [0.29, 0.717) is 6.04 Å². The first kappa shape index (κ1) is 17.0. The van der Waals surface area contributed by atoms with Crippen molar-refractivity contribution in [2.24, 2.45) is 0 Å². The number of halogens is 2. The minimum atomic E-state index is 0.276. The van der Waals surface area contributed by atoms with Crippen molar-refractivity contribution in [2.45, 2.75) is 19.4 Å². The van der Waals surface area contributed by atoms with Gasteiger partial charge in [-0.3, -0.25) is 0 Å².